The number of benzene rings is 4. The maximum Gasteiger partial charge on any atom is 0.339 e. The summed E-state index contributed by atoms with van der Waals surface area (Å²) < 4.78 is 44.3. The molecule has 4 aromatic rings. The fraction of sp³-hybridized carbons (Fsp3) is 0.273. The molecule has 0 radical (unpaired) electrons. The monoisotopic (exact) mass is 578 g/mol. The summed E-state index contributed by atoms with van der Waals surface area (Å²) in [6, 6.07) is 27.4. The van der Waals surface area contributed by atoms with E-state index in [9.17, 15) is 8.42 Å². The van der Waals surface area contributed by atoms with Crippen LogP contribution in [0.25, 0.3) is 22.3 Å². The molecule has 4 rings (SSSR count). The van der Waals surface area contributed by atoms with Gasteiger partial charge in [0.1, 0.15) is 27.6 Å². The predicted molar refractivity (Wildman–Crippen MR) is 167 cm³/mol. The fourth-order valence-corrected chi connectivity index (χ4v) is 5.05. The molecule has 0 atom stereocenters. The van der Waals surface area contributed by atoms with E-state index in [-0.39, 0.29) is 35.3 Å². The lowest BCUT2D eigenvalue weighted by Crippen LogP contribution is -2.22. The van der Waals surface area contributed by atoms with Crippen molar-refractivity contribution in [3.8, 4) is 39.5 Å². The van der Waals surface area contributed by atoms with E-state index in [4.69, 9.17) is 13.7 Å². The maximum atomic E-state index is 13.3. The standard InChI is InChI=1S/C33H36O5S.H2S/c1-23-11-21-28(22-12-23)39(34,35)38-30-10-8-9-29(24-13-17-26(18-14-24)36-32(2,3)4)31(30)25-15-19-27(20-16-25)37-33(5,6)7;/h8-22H,1-7H3;1H2. The Morgan fingerprint density at radius 3 is 1.55 bits per heavy atom. The minimum atomic E-state index is -4.06. The van der Waals surface area contributed by atoms with Crippen molar-refractivity contribution in [2.24, 2.45) is 0 Å². The molecule has 0 N–H and O–H groups in total. The molecular formula is C33H38O5S2. The molecule has 40 heavy (non-hydrogen) atoms. The lowest BCUT2D eigenvalue weighted by Gasteiger charge is -2.22. The molecule has 0 aliphatic rings. The van der Waals surface area contributed by atoms with Crippen LogP contribution in [0.1, 0.15) is 47.1 Å². The van der Waals surface area contributed by atoms with Gasteiger partial charge in [0.25, 0.3) is 0 Å². The summed E-state index contributed by atoms with van der Waals surface area (Å²) in [7, 11) is -4.06. The summed E-state index contributed by atoms with van der Waals surface area (Å²) in [4.78, 5) is 0.0991. The molecule has 212 valence electrons. The average Bonchev–Trinajstić information content (AvgIpc) is 2.83. The predicted octanol–water partition coefficient (Wildman–Crippen LogP) is 8.56. The largest absolute Gasteiger partial charge is 0.488 e. The summed E-state index contributed by atoms with van der Waals surface area (Å²) in [6.45, 7) is 13.9. The zero-order valence-electron chi connectivity index (χ0n) is 24.1. The summed E-state index contributed by atoms with van der Waals surface area (Å²) in [6.07, 6.45) is 0. The third kappa shape index (κ3) is 8.05. The Balaban J connectivity index is 0.00000441. The van der Waals surface area contributed by atoms with Gasteiger partial charge in [-0.15, -0.1) is 0 Å². The second kappa shape index (κ2) is 12.0. The van der Waals surface area contributed by atoms with Crippen LogP contribution in [0.15, 0.2) is 95.9 Å². The van der Waals surface area contributed by atoms with E-state index in [1.807, 2.05) is 103 Å². The first-order valence-electron chi connectivity index (χ1n) is 12.9. The van der Waals surface area contributed by atoms with E-state index in [0.29, 0.717) is 5.56 Å². The molecule has 0 amide bonds. The van der Waals surface area contributed by atoms with Gasteiger partial charge in [-0.2, -0.15) is 21.9 Å². The van der Waals surface area contributed by atoms with Crippen molar-refractivity contribution in [1.82, 2.24) is 0 Å². The Morgan fingerprint density at radius 2 is 1.07 bits per heavy atom. The van der Waals surface area contributed by atoms with E-state index in [2.05, 4.69) is 0 Å². The van der Waals surface area contributed by atoms with E-state index < -0.39 is 10.1 Å². The number of ether oxygens (including phenoxy) is 2. The first-order chi connectivity index (χ1) is 18.2. The molecule has 4 aromatic carbocycles. The first-order valence-corrected chi connectivity index (χ1v) is 14.3. The Morgan fingerprint density at radius 1 is 0.600 bits per heavy atom. The average molecular weight is 579 g/mol. The normalized spacial score (nSPS) is 11.9. The molecule has 0 saturated carbocycles. The molecular weight excluding hydrogens is 540 g/mol. The van der Waals surface area contributed by atoms with Crippen LogP contribution in [0, 0.1) is 6.92 Å². The minimum absolute atomic E-state index is 0. The van der Waals surface area contributed by atoms with Crippen LogP contribution in [0.2, 0.25) is 0 Å². The van der Waals surface area contributed by atoms with Crippen LogP contribution in [0.4, 0.5) is 0 Å². The van der Waals surface area contributed by atoms with Gasteiger partial charge in [-0.05, 0) is 108 Å². The third-order valence-electron chi connectivity index (χ3n) is 5.69. The Labute approximate surface area is 245 Å². The number of hydrogen-bond acceptors (Lipinski definition) is 5. The Kier molecular flexibility index (Phi) is 9.32. The quantitative estimate of drug-likeness (QED) is 0.206. The Hall–Kier alpha value is -3.42. The molecule has 5 nitrogen and oxygen atoms in total. The van der Waals surface area contributed by atoms with Gasteiger partial charge in [0.2, 0.25) is 0 Å². The molecule has 0 saturated heterocycles. The third-order valence-corrected chi connectivity index (χ3v) is 6.94. The van der Waals surface area contributed by atoms with E-state index >= 15 is 0 Å². The SMILES string of the molecule is Cc1ccc(S(=O)(=O)Oc2cccc(-c3ccc(OC(C)(C)C)cc3)c2-c2ccc(OC(C)(C)C)cc2)cc1.S. The number of rotatable bonds is 7. The van der Waals surface area contributed by atoms with Crippen molar-refractivity contribution < 1.29 is 22.1 Å². The van der Waals surface area contributed by atoms with Crippen LogP contribution >= 0.6 is 13.5 Å². The van der Waals surface area contributed by atoms with Gasteiger partial charge in [0.05, 0.1) is 0 Å². The molecule has 0 aromatic heterocycles. The van der Waals surface area contributed by atoms with Gasteiger partial charge in [0, 0.05) is 5.56 Å². The molecule has 0 unspecified atom stereocenters. The molecule has 0 aliphatic heterocycles. The van der Waals surface area contributed by atoms with E-state index in [1.165, 1.54) is 0 Å². The van der Waals surface area contributed by atoms with Crippen LogP contribution in [-0.2, 0) is 10.1 Å². The van der Waals surface area contributed by atoms with Crippen molar-refractivity contribution in [3.05, 3.63) is 96.6 Å². The van der Waals surface area contributed by atoms with Gasteiger partial charge in [-0.25, -0.2) is 0 Å². The van der Waals surface area contributed by atoms with Crippen molar-refractivity contribution in [2.75, 3.05) is 0 Å². The van der Waals surface area contributed by atoms with Crippen molar-refractivity contribution in [1.29, 1.82) is 0 Å². The first kappa shape index (κ1) is 31.1. The van der Waals surface area contributed by atoms with Crippen molar-refractivity contribution >= 4 is 23.6 Å². The maximum absolute atomic E-state index is 13.3. The van der Waals surface area contributed by atoms with E-state index in [0.717, 1.165) is 33.8 Å². The summed E-state index contributed by atoms with van der Waals surface area (Å²) >= 11 is 0. The van der Waals surface area contributed by atoms with Crippen LogP contribution in [0.3, 0.4) is 0 Å². The van der Waals surface area contributed by atoms with Crippen LogP contribution < -0.4 is 13.7 Å². The fourth-order valence-electron chi connectivity index (χ4n) is 4.11. The Bertz CT molecular complexity index is 1530. The molecule has 0 aliphatic carbocycles. The van der Waals surface area contributed by atoms with Crippen molar-refractivity contribution in [2.45, 2.75) is 64.6 Å². The topological polar surface area (TPSA) is 61.8 Å². The number of hydrogen-bond donors (Lipinski definition) is 0. The van der Waals surface area contributed by atoms with Gasteiger partial charge in [-0.3, -0.25) is 0 Å². The highest BCUT2D eigenvalue weighted by molar-refractivity contribution is 7.87. The molecule has 0 spiro atoms. The highest BCUT2D eigenvalue weighted by Crippen LogP contribution is 2.41. The second-order valence-corrected chi connectivity index (χ2v) is 13.1. The summed E-state index contributed by atoms with van der Waals surface area (Å²) in [5.41, 5.74) is 3.51. The zero-order chi connectivity index (χ0) is 28.4. The molecule has 0 fully saturated rings. The highest BCUT2D eigenvalue weighted by atomic mass is 32.2. The van der Waals surface area contributed by atoms with Gasteiger partial charge < -0.3 is 13.7 Å². The van der Waals surface area contributed by atoms with Crippen molar-refractivity contribution in [3.63, 3.8) is 0 Å². The summed E-state index contributed by atoms with van der Waals surface area (Å²) in [5.74, 6) is 1.72. The smallest absolute Gasteiger partial charge is 0.339 e. The van der Waals surface area contributed by atoms with Crippen LogP contribution in [-0.4, -0.2) is 19.6 Å². The second-order valence-electron chi connectivity index (χ2n) is 11.5. The van der Waals surface area contributed by atoms with E-state index in [1.54, 1.807) is 36.4 Å². The lowest BCUT2D eigenvalue weighted by atomic mass is 9.93. The molecule has 0 bridgehead atoms. The lowest BCUT2D eigenvalue weighted by molar-refractivity contribution is 0.130. The zero-order valence-corrected chi connectivity index (χ0v) is 25.9. The highest BCUT2D eigenvalue weighted by Gasteiger charge is 2.22. The van der Waals surface area contributed by atoms with Crippen LogP contribution in [0.5, 0.6) is 17.2 Å². The van der Waals surface area contributed by atoms with Gasteiger partial charge >= 0.3 is 10.1 Å². The summed E-state index contributed by atoms with van der Waals surface area (Å²) in [5, 5.41) is 0. The minimum Gasteiger partial charge on any atom is -0.488 e. The molecule has 7 heteroatoms. The number of aryl methyl sites for hydroxylation is 1. The van der Waals surface area contributed by atoms with Gasteiger partial charge in [-0.1, -0.05) is 54.1 Å². The molecule has 0 heterocycles. The van der Waals surface area contributed by atoms with Gasteiger partial charge in [0.15, 0.2) is 5.75 Å².